The number of hydrogen-bond acceptors (Lipinski definition) is 8. The lowest BCUT2D eigenvalue weighted by Crippen LogP contribution is -2.42. The molecule has 3 heterocycles. The Labute approximate surface area is 259 Å². The Kier molecular flexibility index (Phi) is 9.00. The Hall–Kier alpha value is -3.76. The molecule has 4 aromatic rings. The minimum Gasteiger partial charge on any atom is -0.367 e. The molecule has 1 aliphatic carbocycles. The smallest absolute Gasteiger partial charge is 0.275 e. The van der Waals surface area contributed by atoms with Crippen LogP contribution in [0, 0.1) is 5.92 Å². The lowest BCUT2D eigenvalue weighted by Gasteiger charge is -2.35. The summed E-state index contributed by atoms with van der Waals surface area (Å²) in [5.41, 5.74) is 0.531. The Morgan fingerprint density at radius 2 is 1.57 bits per heavy atom. The van der Waals surface area contributed by atoms with Crippen molar-refractivity contribution in [3.63, 3.8) is 0 Å². The van der Waals surface area contributed by atoms with E-state index < -0.39 is 0 Å². The van der Waals surface area contributed by atoms with E-state index in [1.807, 2.05) is 42.5 Å². The van der Waals surface area contributed by atoms with Gasteiger partial charge in [-0.2, -0.15) is 10.2 Å². The van der Waals surface area contributed by atoms with E-state index in [-0.39, 0.29) is 17.7 Å². The predicted octanol–water partition coefficient (Wildman–Crippen LogP) is 4.12. The van der Waals surface area contributed by atoms with Crippen LogP contribution in [0.2, 0.25) is 0 Å². The minimum atomic E-state index is -0.161. The highest BCUT2D eigenvalue weighted by atomic mass is 16.1. The third-order valence-corrected chi connectivity index (χ3v) is 9.83. The number of likely N-dealkylation sites (N-methyl/N-ethyl adjacent to an activating group) is 2. The van der Waals surface area contributed by atoms with Gasteiger partial charge in [-0.05, 0) is 77.0 Å². The van der Waals surface area contributed by atoms with Gasteiger partial charge in [0.1, 0.15) is 0 Å². The molecule has 10 nitrogen and oxygen atoms in total. The molecule has 1 saturated heterocycles. The highest BCUT2D eigenvalue weighted by Gasteiger charge is 2.26. The SMILES string of the molecule is CN(C)C(CNc1nn(C)c(=O)c2cc(Cn3nc(NCC4CCCN4C)c4ccccc4c3=O)ccc12)C1CCCCC1. The Morgan fingerprint density at radius 1 is 0.841 bits per heavy atom. The Balaban J connectivity index is 1.28. The van der Waals surface area contributed by atoms with Crippen LogP contribution in [-0.4, -0.2) is 82.2 Å². The van der Waals surface area contributed by atoms with E-state index in [2.05, 4.69) is 46.7 Å². The van der Waals surface area contributed by atoms with Gasteiger partial charge in [0.2, 0.25) is 0 Å². The number of benzene rings is 2. The maximum absolute atomic E-state index is 13.5. The first-order valence-corrected chi connectivity index (χ1v) is 16.1. The van der Waals surface area contributed by atoms with Gasteiger partial charge in [0.05, 0.1) is 17.3 Å². The summed E-state index contributed by atoms with van der Waals surface area (Å²) in [4.78, 5) is 31.5. The molecule has 0 amide bonds. The zero-order valence-corrected chi connectivity index (χ0v) is 26.6. The minimum absolute atomic E-state index is 0.147. The monoisotopic (exact) mass is 598 g/mol. The first kappa shape index (κ1) is 30.3. The highest BCUT2D eigenvalue weighted by Crippen LogP contribution is 2.29. The third kappa shape index (κ3) is 6.23. The maximum Gasteiger partial charge on any atom is 0.275 e. The summed E-state index contributed by atoms with van der Waals surface area (Å²) in [6.45, 7) is 2.90. The van der Waals surface area contributed by atoms with Crippen molar-refractivity contribution in [2.45, 2.75) is 63.6 Å². The Bertz CT molecular complexity index is 1740. The number of anilines is 2. The van der Waals surface area contributed by atoms with Crippen molar-refractivity contribution in [3.8, 4) is 0 Å². The first-order chi connectivity index (χ1) is 21.3. The van der Waals surface area contributed by atoms with Crippen LogP contribution >= 0.6 is 0 Å². The van der Waals surface area contributed by atoms with Crippen LogP contribution < -0.4 is 21.8 Å². The lowest BCUT2D eigenvalue weighted by atomic mass is 9.83. The van der Waals surface area contributed by atoms with Gasteiger partial charge in [0.15, 0.2) is 11.6 Å². The molecule has 2 unspecified atom stereocenters. The summed E-state index contributed by atoms with van der Waals surface area (Å²) in [5.74, 6) is 2.07. The molecule has 0 bridgehead atoms. The second kappa shape index (κ2) is 13.1. The molecular weight excluding hydrogens is 552 g/mol. The third-order valence-electron chi connectivity index (χ3n) is 9.83. The zero-order chi connectivity index (χ0) is 30.8. The highest BCUT2D eigenvalue weighted by molar-refractivity contribution is 5.92. The van der Waals surface area contributed by atoms with E-state index in [0.717, 1.165) is 42.4 Å². The second-order valence-corrected chi connectivity index (χ2v) is 13.0. The summed E-state index contributed by atoms with van der Waals surface area (Å²) < 4.78 is 2.92. The summed E-state index contributed by atoms with van der Waals surface area (Å²) in [6.07, 6.45) is 8.78. The molecule has 1 aliphatic heterocycles. The molecule has 234 valence electrons. The average Bonchev–Trinajstić information content (AvgIpc) is 3.45. The van der Waals surface area contributed by atoms with Crippen LogP contribution in [-0.2, 0) is 13.6 Å². The topological polar surface area (TPSA) is 100 Å². The second-order valence-electron chi connectivity index (χ2n) is 13.0. The van der Waals surface area contributed by atoms with Crippen LogP contribution in [0.15, 0.2) is 52.1 Å². The molecule has 2 N–H and O–H groups in total. The van der Waals surface area contributed by atoms with Crippen LogP contribution in [0.1, 0.15) is 50.5 Å². The number of likely N-dealkylation sites (tertiary alicyclic amines) is 1. The van der Waals surface area contributed by atoms with Crippen LogP contribution in [0.3, 0.4) is 0 Å². The molecule has 6 rings (SSSR count). The van der Waals surface area contributed by atoms with Crippen LogP contribution in [0.4, 0.5) is 11.6 Å². The summed E-state index contributed by atoms with van der Waals surface area (Å²) in [5, 5.41) is 19.3. The van der Waals surface area contributed by atoms with E-state index in [4.69, 9.17) is 5.10 Å². The number of nitrogens with zero attached hydrogens (tertiary/aromatic N) is 6. The fraction of sp³-hybridized carbons (Fsp3) is 0.529. The van der Waals surface area contributed by atoms with E-state index in [1.165, 1.54) is 47.9 Å². The summed E-state index contributed by atoms with van der Waals surface area (Å²) in [7, 11) is 8.15. The summed E-state index contributed by atoms with van der Waals surface area (Å²) >= 11 is 0. The molecule has 2 aromatic carbocycles. The number of hydrogen-bond donors (Lipinski definition) is 2. The standard InChI is InChI=1S/C34H46N8O2/c1-39(2)30(24-11-6-5-7-12-24)21-36-31-27-17-16-23(19-29(27)33(43)41(4)37-31)22-42-34(44)28-15-9-8-14-26(28)32(38-42)35-20-25-13-10-18-40(25)3/h8-9,14-17,19,24-25,30H,5-7,10-13,18,20-22H2,1-4H3,(H,35,38)(H,36,37). The van der Waals surface area contributed by atoms with E-state index in [9.17, 15) is 9.59 Å². The molecule has 0 radical (unpaired) electrons. The van der Waals surface area contributed by atoms with Crippen molar-refractivity contribution in [3.05, 3.63) is 68.7 Å². The molecule has 1 saturated carbocycles. The van der Waals surface area contributed by atoms with Crippen molar-refractivity contribution in [1.29, 1.82) is 0 Å². The van der Waals surface area contributed by atoms with Gasteiger partial charge in [0.25, 0.3) is 11.1 Å². The molecule has 2 aromatic heterocycles. The number of fused-ring (bicyclic) bond motifs is 2. The number of aromatic nitrogens is 4. The van der Waals surface area contributed by atoms with Gasteiger partial charge in [-0.25, -0.2) is 9.36 Å². The molecule has 2 atom stereocenters. The van der Waals surface area contributed by atoms with Crippen molar-refractivity contribution < 1.29 is 0 Å². The molecular formula is C34H46N8O2. The van der Waals surface area contributed by atoms with Gasteiger partial charge >= 0.3 is 0 Å². The van der Waals surface area contributed by atoms with Crippen molar-refractivity contribution in [1.82, 2.24) is 29.4 Å². The molecule has 2 aliphatic rings. The molecule has 0 spiro atoms. The van der Waals surface area contributed by atoms with Crippen molar-refractivity contribution in [2.75, 3.05) is 51.4 Å². The zero-order valence-electron chi connectivity index (χ0n) is 26.6. The fourth-order valence-corrected chi connectivity index (χ4v) is 7.22. The van der Waals surface area contributed by atoms with Crippen molar-refractivity contribution in [2.24, 2.45) is 13.0 Å². The maximum atomic E-state index is 13.5. The normalized spacial score (nSPS) is 18.8. The molecule has 10 heteroatoms. The van der Waals surface area contributed by atoms with Gasteiger partial charge in [-0.15, -0.1) is 0 Å². The predicted molar refractivity (Wildman–Crippen MR) is 179 cm³/mol. The van der Waals surface area contributed by atoms with Gasteiger partial charge in [-0.3, -0.25) is 9.59 Å². The number of rotatable bonds is 10. The van der Waals surface area contributed by atoms with Crippen molar-refractivity contribution >= 4 is 33.2 Å². The van der Waals surface area contributed by atoms with E-state index in [0.29, 0.717) is 40.4 Å². The average molecular weight is 599 g/mol. The van der Waals surface area contributed by atoms with Gasteiger partial charge < -0.3 is 20.4 Å². The molecule has 2 fully saturated rings. The van der Waals surface area contributed by atoms with Crippen LogP contribution in [0.25, 0.3) is 21.5 Å². The van der Waals surface area contributed by atoms with E-state index >= 15 is 0 Å². The largest absolute Gasteiger partial charge is 0.367 e. The summed E-state index contributed by atoms with van der Waals surface area (Å²) in [6, 6.07) is 14.3. The number of nitrogens with one attached hydrogen (secondary N) is 2. The Morgan fingerprint density at radius 3 is 2.30 bits per heavy atom. The fourth-order valence-electron chi connectivity index (χ4n) is 7.22. The van der Waals surface area contributed by atoms with Crippen LogP contribution in [0.5, 0.6) is 0 Å². The molecule has 44 heavy (non-hydrogen) atoms. The first-order valence-electron chi connectivity index (χ1n) is 16.1. The van der Waals surface area contributed by atoms with E-state index in [1.54, 1.807) is 7.05 Å². The number of aryl methyl sites for hydroxylation is 1. The lowest BCUT2D eigenvalue weighted by molar-refractivity contribution is 0.179. The van der Waals surface area contributed by atoms with Gasteiger partial charge in [0, 0.05) is 43.0 Å². The quantitative estimate of drug-likeness (QED) is 0.281. The van der Waals surface area contributed by atoms with Gasteiger partial charge in [-0.1, -0.05) is 49.6 Å².